The Hall–Kier alpha value is -2.87. The molecule has 0 saturated carbocycles. The second kappa shape index (κ2) is 8.02. The van der Waals surface area contributed by atoms with Crippen molar-refractivity contribution in [3.8, 4) is 11.3 Å². The summed E-state index contributed by atoms with van der Waals surface area (Å²) >= 11 is 1.45. The van der Waals surface area contributed by atoms with Crippen LogP contribution in [0.15, 0.2) is 41.8 Å². The third-order valence-corrected chi connectivity index (χ3v) is 5.70. The molecular formula is C20H20FN5OS. The first-order valence-electron chi connectivity index (χ1n) is 9.16. The van der Waals surface area contributed by atoms with E-state index in [0.717, 1.165) is 43.0 Å². The quantitative estimate of drug-likeness (QED) is 0.723. The number of carbonyl (C=O) groups is 1. The van der Waals surface area contributed by atoms with Gasteiger partial charge in [-0.2, -0.15) is 0 Å². The number of hydrogen-bond acceptors (Lipinski definition) is 6. The molecule has 0 bridgehead atoms. The van der Waals surface area contributed by atoms with Gasteiger partial charge in [0, 0.05) is 30.0 Å². The topological polar surface area (TPSA) is 71.0 Å². The molecule has 144 valence electrons. The molecule has 1 aromatic carbocycles. The minimum absolute atomic E-state index is 0.0214. The Morgan fingerprint density at radius 2 is 1.89 bits per heavy atom. The van der Waals surface area contributed by atoms with Crippen LogP contribution in [0.25, 0.3) is 11.3 Å². The lowest BCUT2D eigenvalue weighted by atomic mass is 9.96. The molecule has 4 rings (SSSR count). The van der Waals surface area contributed by atoms with E-state index < -0.39 is 0 Å². The predicted octanol–water partition coefficient (Wildman–Crippen LogP) is 3.90. The molecule has 1 aliphatic heterocycles. The maximum absolute atomic E-state index is 13.0. The highest BCUT2D eigenvalue weighted by atomic mass is 32.1. The smallest absolute Gasteiger partial charge is 0.229 e. The van der Waals surface area contributed by atoms with Gasteiger partial charge in [0.05, 0.1) is 11.4 Å². The molecule has 3 heterocycles. The van der Waals surface area contributed by atoms with Crippen molar-refractivity contribution in [1.82, 2.24) is 15.2 Å². The van der Waals surface area contributed by atoms with Crippen LogP contribution >= 0.6 is 11.3 Å². The minimum Gasteiger partial charge on any atom is -0.355 e. The third kappa shape index (κ3) is 4.17. The highest BCUT2D eigenvalue weighted by molar-refractivity contribution is 7.13. The number of aromatic nitrogens is 3. The third-order valence-electron chi connectivity index (χ3n) is 4.83. The Kier molecular flexibility index (Phi) is 5.29. The van der Waals surface area contributed by atoms with Crippen molar-refractivity contribution in [2.45, 2.75) is 19.8 Å². The van der Waals surface area contributed by atoms with Gasteiger partial charge in [-0.1, -0.05) is 0 Å². The van der Waals surface area contributed by atoms with Crippen LogP contribution in [0.3, 0.4) is 0 Å². The fraction of sp³-hybridized carbons (Fsp3) is 0.300. The first-order valence-corrected chi connectivity index (χ1v) is 10.0. The molecular weight excluding hydrogens is 377 g/mol. The summed E-state index contributed by atoms with van der Waals surface area (Å²) in [6.07, 6.45) is 1.52. The number of amides is 1. The summed E-state index contributed by atoms with van der Waals surface area (Å²) in [6, 6.07) is 10.0. The highest BCUT2D eigenvalue weighted by Gasteiger charge is 2.26. The Balaban J connectivity index is 1.34. The van der Waals surface area contributed by atoms with Gasteiger partial charge in [0.1, 0.15) is 5.82 Å². The van der Waals surface area contributed by atoms with E-state index in [4.69, 9.17) is 0 Å². The summed E-state index contributed by atoms with van der Waals surface area (Å²) < 4.78 is 13.0. The Labute approximate surface area is 166 Å². The van der Waals surface area contributed by atoms with Crippen LogP contribution in [-0.4, -0.2) is 34.2 Å². The largest absolute Gasteiger partial charge is 0.355 e. The molecule has 0 unspecified atom stereocenters. The molecule has 0 spiro atoms. The average Bonchev–Trinajstić information content (AvgIpc) is 3.13. The van der Waals surface area contributed by atoms with Crippen LogP contribution in [-0.2, 0) is 4.79 Å². The summed E-state index contributed by atoms with van der Waals surface area (Å²) in [7, 11) is 0. The van der Waals surface area contributed by atoms with Crippen LogP contribution in [0, 0.1) is 18.7 Å². The molecule has 3 aromatic rings. The van der Waals surface area contributed by atoms with Crippen molar-refractivity contribution in [2.75, 3.05) is 23.3 Å². The molecule has 1 amide bonds. The number of anilines is 2. The first kappa shape index (κ1) is 18.5. The molecule has 0 radical (unpaired) electrons. The fourth-order valence-corrected chi connectivity index (χ4v) is 3.95. The normalized spacial score (nSPS) is 14.9. The van der Waals surface area contributed by atoms with E-state index in [1.54, 1.807) is 12.1 Å². The van der Waals surface area contributed by atoms with Gasteiger partial charge >= 0.3 is 0 Å². The molecule has 1 N–H and O–H groups in total. The molecule has 28 heavy (non-hydrogen) atoms. The number of halogens is 1. The van der Waals surface area contributed by atoms with E-state index in [1.165, 1.54) is 23.5 Å². The predicted molar refractivity (Wildman–Crippen MR) is 108 cm³/mol. The SMILES string of the molecule is Cc1csc(NC(=O)C2CCN(c3ccc(-c4ccc(F)cc4)nn3)CC2)n1. The first-order chi connectivity index (χ1) is 13.6. The maximum Gasteiger partial charge on any atom is 0.229 e. The van der Waals surface area contributed by atoms with Crippen molar-refractivity contribution in [2.24, 2.45) is 5.92 Å². The second-order valence-electron chi connectivity index (χ2n) is 6.83. The molecule has 1 fully saturated rings. The molecule has 0 aliphatic carbocycles. The lowest BCUT2D eigenvalue weighted by Gasteiger charge is -2.31. The molecule has 8 heteroatoms. The van der Waals surface area contributed by atoms with Crippen LogP contribution < -0.4 is 10.2 Å². The molecule has 1 saturated heterocycles. The van der Waals surface area contributed by atoms with Crippen molar-refractivity contribution in [3.63, 3.8) is 0 Å². The van der Waals surface area contributed by atoms with E-state index in [1.807, 2.05) is 24.4 Å². The number of thiazole rings is 1. The van der Waals surface area contributed by atoms with Crippen LogP contribution in [0.1, 0.15) is 18.5 Å². The monoisotopic (exact) mass is 397 g/mol. The standard InChI is InChI=1S/C20H20FN5OS/c1-13-12-28-20(22-13)23-19(27)15-8-10-26(11-9-15)18-7-6-17(24-25-18)14-2-4-16(21)5-3-14/h2-7,12,15H,8-11H2,1H3,(H,22,23,27). The van der Waals surface area contributed by atoms with Crippen molar-refractivity contribution < 1.29 is 9.18 Å². The van der Waals surface area contributed by atoms with Gasteiger partial charge in [-0.05, 0) is 56.2 Å². The zero-order valence-electron chi connectivity index (χ0n) is 15.4. The molecule has 0 atom stereocenters. The van der Waals surface area contributed by atoms with E-state index >= 15 is 0 Å². The molecule has 2 aromatic heterocycles. The number of aryl methyl sites for hydroxylation is 1. The number of carbonyl (C=O) groups excluding carboxylic acids is 1. The summed E-state index contributed by atoms with van der Waals surface area (Å²) in [4.78, 5) is 18.8. The zero-order valence-corrected chi connectivity index (χ0v) is 16.2. The van der Waals surface area contributed by atoms with Crippen LogP contribution in [0.5, 0.6) is 0 Å². The lowest BCUT2D eigenvalue weighted by molar-refractivity contribution is -0.120. The number of nitrogens with zero attached hydrogens (tertiary/aromatic N) is 4. The maximum atomic E-state index is 13.0. The van der Waals surface area contributed by atoms with Gasteiger partial charge < -0.3 is 10.2 Å². The minimum atomic E-state index is -0.273. The fourth-order valence-electron chi connectivity index (χ4n) is 3.26. The summed E-state index contributed by atoms with van der Waals surface area (Å²) in [5.74, 6) is 0.532. The van der Waals surface area contributed by atoms with Gasteiger partial charge in [0.15, 0.2) is 10.9 Å². The number of hydrogen-bond donors (Lipinski definition) is 1. The summed E-state index contributed by atoms with van der Waals surface area (Å²) in [6.45, 7) is 3.41. The zero-order chi connectivity index (χ0) is 19.5. The van der Waals surface area contributed by atoms with Crippen LogP contribution in [0.2, 0.25) is 0 Å². The summed E-state index contributed by atoms with van der Waals surface area (Å²) in [5.41, 5.74) is 2.45. The Bertz CT molecular complexity index is 949. The van der Waals surface area contributed by atoms with Gasteiger partial charge in [0.25, 0.3) is 0 Å². The summed E-state index contributed by atoms with van der Waals surface area (Å²) in [5, 5.41) is 14.1. The highest BCUT2D eigenvalue weighted by Crippen LogP contribution is 2.25. The molecule has 1 aliphatic rings. The van der Waals surface area contributed by atoms with Crippen molar-refractivity contribution in [3.05, 3.63) is 53.3 Å². The number of rotatable bonds is 4. The Morgan fingerprint density at radius 3 is 2.50 bits per heavy atom. The van der Waals surface area contributed by atoms with E-state index in [0.29, 0.717) is 10.8 Å². The van der Waals surface area contributed by atoms with Gasteiger partial charge in [0.2, 0.25) is 5.91 Å². The Morgan fingerprint density at radius 1 is 1.14 bits per heavy atom. The second-order valence-corrected chi connectivity index (χ2v) is 7.69. The van der Waals surface area contributed by atoms with Crippen molar-refractivity contribution >= 4 is 28.2 Å². The molecule has 6 nitrogen and oxygen atoms in total. The number of piperidine rings is 1. The van der Waals surface area contributed by atoms with Gasteiger partial charge in [-0.25, -0.2) is 9.37 Å². The van der Waals surface area contributed by atoms with E-state index in [9.17, 15) is 9.18 Å². The van der Waals surface area contributed by atoms with Gasteiger partial charge in [-0.3, -0.25) is 4.79 Å². The number of nitrogens with one attached hydrogen (secondary N) is 1. The van der Waals surface area contributed by atoms with Gasteiger partial charge in [-0.15, -0.1) is 21.5 Å². The van der Waals surface area contributed by atoms with Crippen LogP contribution in [0.4, 0.5) is 15.3 Å². The average molecular weight is 397 g/mol. The van der Waals surface area contributed by atoms with E-state index in [-0.39, 0.29) is 17.6 Å². The van der Waals surface area contributed by atoms with Crippen molar-refractivity contribution in [1.29, 1.82) is 0 Å². The number of benzene rings is 1. The lowest BCUT2D eigenvalue weighted by Crippen LogP contribution is -2.38. The van der Waals surface area contributed by atoms with E-state index in [2.05, 4.69) is 25.4 Å².